The van der Waals surface area contributed by atoms with Crippen molar-refractivity contribution in [3.05, 3.63) is 161 Å². The van der Waals surface area contributed by atoms with Crippen molar-refractivity contribution in [2.45, 2.75) is 33.2 Å². The van der Waals surface area contributed by atoms with E-state index in [-0.39, 0.29) is 25.0 Å². The molecule has 5 rings (SSSR count). The van der Waals surface area contributed by atoms with Crippen LogP contribution in [0.2, 0.25) is 0 Å². The van der Waals surface area contributed by atoms with Crippen molar-refractivity contribution in [3.8, 4) is 17.2 Å². The predicted molar refractivity (Wildman–Crippen MR) is 181 cm³/mol. The molecule has 7 heteroatoms. The molecule has 0 saturated heterocycles. The molecule has 5 aromatic rings. The lowest BCUT2D eigenvalue weighted by atomic mass is 10.1. The molecular weight excluding hydrogens is 590 g/mol. The van der Waals surface area contributed by atoms with Gasteiger partial charge in [0.1, 0.15) is 43.7 Å². The van der Waals surface area contributed by atoms with Crippen LogP contribution in [0.5, 0.6) is 17.2 Å². The van der Waals surface area contributed by atoms with Gasteiger partial charge < -0.3 is 23.8 Å². The maximum atomic E-state index is 13.7. The van der Waals surface area contributed by atoms with Gasteiger partial charge in [-0.3, -0.25) is 9.59 Å². The molecule has 0 fully saturated rings. The molecule has 0 aromatic heterocycles. The number of rotatable bonds is 16. The Morgan fingerprint density at radius 1 is 0.532 bits per heavy atom. The number of hydrogen-bond donors (Lipinski definition) is 0. The molecule has 0 heterocycles. The van der Waals surface area contributed by atoms with Gasteiger partial charge in [0.2, 0.25) is 0 Å². The van der Waals surface area contributed by atoms with E-state index in [1.54, 1.807) is 23.1 Å². The Kier molecular flexibility index (Phi) is 12.0. The molecule has 0 radical (unpaired) electrons. The topological polar surface area (TPSA) is 74.3 Å². The van der Waals surface area contributed by atoms with Gasteiger partial charge in [-0.25, -0.2) is 0 Å². The highest BCUT2D eigenvalue weighted by molar-refractivity contribution is 5.94. The Hall–Kier alpha value is -5.56. The summed E-state index contributed by atoms with van der Waals surface area (Å²) in [5.74, 6) is 1.55. The highest BCUT2D eigenvalue weighted by atomic mass is 16.5. The molecule has 47 heavy (non-hydrogen) atoms. The van der Waals surface area contributed by atoms with Gasteiger partial charge in [-0.2, -0.15) is 0 Å². The Morgan fingerprint density at radius 2 is 1.02 bits per heavy atom. The van der Waals surface area contributed by atoms with Crippen LogP contribution >= 0.6 is 0 Å². The van der Waals surface area contributed by atoms with E-state index >= 15 is 0 Å². The fourth-order valence-corrected chi connectivity index (χ4v) is 4.94. The van der Waals surface area contributed by atoms with E-state index in [0.29, 0.717) is 44.1 Å². The van der Waals surface area contributed by atoms with E-state index in [4.69, 9.17) is 18.9 Å². The summed E-state index contributed by atoms with van der Waals surface area (Å²) in [4.78, 5) is 26.9. The summed E-state index contributed by atoms with van der Waals surface area (Å²) >= 11 is 0. The third-order valence-corrected chi connectivity index (χ3v) is 7.40. The summed E-state index contributed by atoms with van der Waals surface area (Å²) in [6.07, 6.45) is 0.604. The number of hydrogen-bond acceptors (Lipinski definition) is 6. The monoisotopic (exact) mass is 629 g/mol. The van der Waals surface area contributed by atoms with Gasteiger partial charge in [-0.05, 0) is 71.1 Å². The fourth-order valence-electron chi connectivity index (χ4n) is 4.94. The van der Waals surface area contributed by atoms with E-state index in [1.807, 2.05) is 115 Å². The summed E-state index contributed by atoms with van der Waals surface area (Å²) in [5, 5.41) is 0. The number of nitrogens with zero attached hydrogens (tertiary/aromatic N) is 1. The summed E-state index contributed by atoms with van der Waals surface area (Å²) in [6.45, 7) is 3.45. The van der Waals surface area contributed by atoms with Crippen molar-refractivity contribution in [1.29, 1.82) is 0 Å². The maximum absolute atomic E-state index is 13.7. The van der Waals surface area contributed by atoms with Crippen LogP contribution < -0.4 is 14.2 Å². The molecule has 0 saturated carbocycles. The second-order valence-electron chi connectivity index (χ2n) is 11.0. The van der Waals surface area contributed by atoms with Crippen LogP contribution in [0.25, 0.3) is 0 Å². The van der Waals surface area contributed by atoms with Crippen LogP contribution in [-0.2, 0) is 35.8 Å². The summed E-state index contributed by atoms with van der Waals surface area (Å²) < 4.78 is 23.2. The van der Waals surface area contributed by atoms with Crippen LogP contribution in [0.15, 0.2) is 133 Å². The first-order chi connectivity index (χ1) is 23.0. The van der Waals surface area contributed by atoms with Gasteiger partial charge in [0.15, 0.2) is 0 Å². The number of esters is 1. The minimum absolute atomic E-state index is 0.111. The lowest BCUT2D eigenvalue weighted by Gasteiger charge is -2.23. The van der Waals surface area contributed by atoms with E-state index in [1.165, 1.54) is 6.92 Å². The van der Waals surface area contributed by atoms with Crippen molar-refractivity contribution in [1.82, 2.24) is 4.90 Å². The lowest BCUT2D eigenvalue weighted by Crippen LogP contribution is -2.36. The lowest BCUT2D eigenvalue weighted by molar-refractivity contribution is -0.141. The second kappa shape index (κ2) is 17.2. The van der Waals surface area contributed by atoms with Crippen LogP contribution in [0, 0.1) is 0 Å². The fraction of sp³-hybridized carbons (Fsp3) is 0.200. The van der Waals surface area contributed by atoms with Crippen molar-refractivity contribution in [2.24, 2.45) is 0 Å². The molecule has 0 atom stereocenters. The highest BCUT2D eigenvalue weighted by Crippen LogP contribution is 2.21. The third-order valence-electron chi connectivity index (χ3n) is 7.40. The molecule has 0 aliphatic carbocycles. The van der Waals surface area contributed by atoms with E-state index < -0.39 is 0 Å². The minimum Gasteiger partial charge on any atom is -0.489 e. The minimum atomic E-state index is -0.384. The zero-order chi connectivity index (χ0) is 32.7. The first-order valence-corrected chi connectivity index (χ1v) is 15.7. The molecule has 0 aliphatic heterocycles. The van der Waals surface area contributed by atoms with Crippen LogP contribution in [0.4, 0.5) is 0 Å². The van der Waals surface area contributed by atoms with Crippen LogP contribution in [0.3, 0.4) is 0 Å². The SMILES string of the molecule is CC(=O)OCCN(CCc1cccc(OCc2ccccc2)c1)C(=O)c1cccc(OCc2cccc(OCc3ccccc3)c2)c1. The zero-order valence-electron chi connectivity index (χ0n) is 26.5. The van der Waals surface area contributed by atoms with Gasteiger partial charge >= 0.3 is 5.97 Å². The van der Waals surface area contributed by atoms with Gasteiger partial charge in [0.05, 0.1) is 6.54 Å². The van der Waals surface area contributed by atoms with Crippen molar-refractivity contribution >= 4 is 11.9 Å². The second-order valence-corrected chi connectivity index (χ2v) is 11.0. The average molecular weight is 630 g/mol. The third kappa shape index (κ3) is 10.8. The Balaban J connectivity index is 1.19. The smallest absolute Gasteiger partial charge is 0.302 e. The molecule has 7 nitrogen and oxygen atoms in total. The predicted octanol–water partition coefficient (Wildman–Crippen LogP) is 7.67. The summed E-state index contributed by atoms with van der Waals surface area (Å²) in [6, 6.07) is 42.8. The van der Waals surface area contributed by atoms with Crippen molar-refractivity contribution in [3.63, 3.8) is 0 Å². The van der Waals surface area contributed by atoms with Crippen LogP contribution in [-0.4, -0.2) is 36.5 Å². The number of benzene rings is 5. The van der Waals surface area contributed by atoms with E-state index in [0.717, 1.165) is 33.8 Å². The van der Waals surface area contributed by atoms with Gasteiger partial charge in [-0.15, -0.1) is 0 Å². The largest absolute Gasteiger partial charge is 0.489 e. The van der Waals surface area contributed by atoms with Gasteiger partial charge in [0.25, 0.3) is 5.91 Å². The quantitative estimate of drug-likeness (QED) is 0.104. The molecular formula is C40H39NO6. The molecule has 0 N–H and O–H groups in total. The number of ether oxygens (including phenoxy) is 4. The molecule has 1 amide bonds. The molecule has 0 bridgehead atoms. The Morgan fingerprint density at radius 3 is 1.62 bits per heavy atom. The van der Waals surface area contributed by atoms with E-state index in [9.17, 15) is 9.59 Å². The van der Waals surface area contributed by atoms with Crippen molar-refractivity contribution < 1.29 is 28.5 Å². The normalized spacial score (nSPS) is 10.6. The zero-order valence-corrected chi connectivity index (χ0v) is 26.5. The first-order valence-electron chi connectivity index (χ1n) is 15.7. The highest BCUT2D eigenvalue weighted by Gasteiger charge is 2.17. The van der Waals surface area contributed by atoms with Crippen molar-refractivity contribution in [2.75, 3.05) is 19.7 Å². The number of amides is 1. The Bertz CT molecular complexity index is 1720. The van der Waals surface area contributed by atoms with Crippen LogP contribution in [0.1, 0.15) is 39.5 Å². The standard InChI is InChI=1S/C40H39NO6/c1-31(42)44-24-23-41(22-21-32-15-8-18-37(25-32)45-28-33-11-4-2-5-12-33)40(43)36-17-10-20-39(27-36)47-30-35-16-9-19-38(26-35)46-29-34-13-6-3-7-14-34/h2-20,25-27H,21-24,28-30H2,1H3. The molecule has 240 valence electrons. The Labute approximate surface area is 276 Å². The maximum Gasteiger partial charge on any atom is 0.302 e. The number of carbonyl (C=O) groups is 2. The molecule has 0 spiro atoms. The first kappa shape index (κ1) is 32.8. The molecule has 0 unspecified atom stereocenters. The average Bonchev–Trinajstić information content (AvgIpc) is 3.11. The summed E-state index contributed by atoms with van der Waals surface area (Å²) in [7, 11) is 0. The van der Waals surface area contributed by atoms with E-state index in [2.05, 4.69) is 0 Å². The summed E-state index contributed by atoms with van der Waals surface area (Å²) in [5.41, 5.74) is 4.66. The molecule has 5 aromatic carbocycles. The number of carbonyl (C=O) groups excluding carboxylic acids is 2. The van der Waals surface area contributed by atoms with Gasteiger partial charge in [-0.1, -0.05) is 91.0 Å². The van der Waals surface area contributed by atoms with Gasteiger partial charge in [0, 0.05) is 19.0 Å². The molecule has 0 aliphatic rings.